The highest BCUT2D eigenvalue weighted by Crippen LogP contribution is 2.47. The molecule has 1 N–H and O–H groups in total. The number of aliphatic carboxylic acids is 1. The number of hydrogen-bond donors (Lipinski definition) is 1. The van der Waals surface area contributed by atoms with Crippen LogP contribution in [0.25, 0.3) is 0 Å². The van der Waals surface area contributed by atoms with Gasteiger partial charge >= 0.3 is 18.3 Å². The first-order chi connectivity index (χ1) is 16.7. The quantitative estimate of drug-likeness (QED) is 0.456. The fourth-order valence-electron chi connectivity index (χ4n) is 5.09. The van der Waals surface area contributed by atoms with E-state index >= 15 is 0 Å². The summed E-state index contributed by atoms with van der Waals surface area (Å²) < 4.78 is 86.0. The topological polar surface area (TPSA) is 49.8 Å². The van der Waals surface area contributed by atoms with Gasteiger partial charge in [0.1, 0.15) is 11.4 Å². The molecule has 0 aromatic heterocycles. The molecule has 1 heterocycles. The number of fused-ring (bicyclic) bond motifs is 1. The van der Waals surface area contributed by atoms with E-state index in [9.17, 15) is 31.1 Å². The molecular formula is C26H27F6NO3. The molecule has 0 amide bonds. The fourth-order valence-corrected chi connectivity index (χ4v) is 5.09. The summed E-state index contributed by atoms with van der Waals surface area (Å²) in [4.78, 5) is 12.8. The van der Waals surface area contributed by atoms with Gasteiger partial charge in [-0.2, -0.15) is 26.3 Å². The van der Waals surface area contributed by atoms with E-state index in [4.69, 9.17) is 9.84 Å². The van der Waals surface area contributed by atoms with Crippen LogP contribution >= 0.6 is 0 Å². The van der Waals surface area contributed by atoms with Crippen molar-refractivity contribution in [3.05, 3.63) is 64.2 Å². The first kappa shape index (κ1) is 26.3. The van der Waals surface area contributed by atoms with Crippen LogP contribution in [0.1, 0.15) is 54.0 Å². The number of nitrogens with zero attached hydrogens (tertiary/aromatic N) is 1. The molecule has 1 spiro atoms. The molecule has 196 valence electrons. The Kier molecular flexibility index (Phi) is 6.79. The number of aryl methyl sites for hydroxylation is 1. The second kappa shape index (κ2) is 9.28. The Bertz CT molecular complexity index is 1140. The Labute approximate surface area is 204 Å². The zero-order chi connectivity index (χ0) is 26.5. The molecule has 2 aromatic rings. The van der Waals surface area contributed by atoms with Crippen LogP contribution in [0.3, 0.4) is 0 Å². The van der Waals surface area contributed by atoms with Gasteiger partial charge < -0.3 is 9.84 Å². The van der Waals surface area contributed by atoms with Crippen LogP contribution in [0.5, 0.6) is 5.75 Å². The molecule has 10 heteroatoms. The SMILES string of the molecule is CC(Cc1ccc2c(c1)OC1(CC2)CC(N(C)Cc2cc(C(F)(F)F)ccc2C(F)(F)F)C1)C(=O)O. The Balaban J connectivity index is 1.45. The molecule has 0 bridgehead atoms. The molecule has 1 fully saturated rings. The molecule has 4 rings (SSSR count). The molecule has 1 atom stereocenters. The minimum atomic E-state index is -4.76. The fraction of sp³-hybridized carbons (Fsp3) is 0.500. The van der Waals surface area contributed by atoms with Gasteiger partial charge in [-0.05, 0) is 67.3 Å². The summed E-state index contributed by atoms with van der Waals surface area (Å²) >= 11 is 0. The van der Waals surface area contributed by atoms with Gasteiger partial charge in [0.25, 0.3) is 0 Å². The van der Waals surface area contributed by atoms with E-state index in [2.05, 4.69) is 0 Å². The van der Waals surface area contributed by atoms with Crippen LogP contribution in [-0.4, -0.2) is 34.7 Å². The monoisotopic (exact) mass is 515 g/mol. The van der Waals surface area contributed by atoms with E-state index < -0.39 is 46.5 Å². The molecule has 0 radical (unpaired) electrons. The van der Waals surface area contributed by atoms with Crippen molar-refractivity contribution in [2.45, 2.75) is 69.6 Å². The van der Waals surface area contributed by atoms with Crippen LogP contribution in [0.15, 0.2) is 36.4 Å². The van der Waals surface area contributed by atoms with E-state index in [1.54, 1.807) is 18.9 Å². The summed E-state index contributed by atoms with van der Waals surface area (Å²) in [6.45, 7) is 1.36. The van der Waals surface area contributed by atoms with Crippen LogP contribution < -0.4 is 4.74 Å². The number of halogens is 6. The minimum Gasteiger partial charge on any atom is -0.487 e. The molecule has 0 saturated heterocycles. The molecule has 4 nitrogen and oxygen atoms in total. The second-order valence-corrected chi connectivity index (χ2v) is 10.0. The van der Waals surface area contributed by atoms with Crippen molar-refractivity contribution in [2.24, 2.45) is 5.92 Å². The molecular weight excluding hydrogens is 488 g/mol. The summed E-state index contributed by atoms with van der Waals surface area (Å²) in [6.07, 6.45) is -6.56. The number of carbonyl (C=O) groups is 1. The standard InChI is InChI=1S/C26H27F6NO3/c1-15(23(34)35)9-16-3-4-17-7-8-24(36-22(17)10-16)12-20(13-24)33(2)14-18-11-19(25(27,28)29)5-6-21(18)26(30,31)32/h3-6,10-11,15,20H,7-9,12-14H2,1-2H3,(H,34,35). The largest absolute Gasteiger partial charge is 0.487 e. The highest BCUT2D eigenvalue weighted by atomic mass is 19.4. The highest BCUT2D eigenvalue weighted by Gasteiger charge is 2.50. The van der Waals surface area contributed by atoms with E-state index in [1.807, 2.05) is 18.2 Å². The Morgan fingerprint density at radius 1 is 1.11 bits per heavy atom. The first-order valence-corrected chi connectivity index (χ1v) is 11.7. The molecule has 1 aliphatic carbocycles. The number of carboxylic acid groups (broad SMARTS) is 1. The summed E-state index contributed by atoms with van der Waals surface area (Å²) in [7, 11) is 1.61. The molecule has 1 unspecified atom stereocenters. The Morgan fingerprint density at radius 2 is 1.81 bits per heavy atom. The summed E-state index contributed by atoms with van der Waals surface area (Å²) in [5.74, 6) is -0.737. The van der Waals surface area contributed by atoms with E-state index in [0.29, 0.717) is 43.2 Å². The predicted octanol–water partition coefficient (Wildman–Crippen LogP) is 6.35. The van der Waals surface area contributed by atoms with Gasteiger partial charge in [-0.1, -0.05) is 19.1 Å². The van der Waals surface area contributed by atoms with Crippen molar-refractivity contribution in [2.75, 3.05) is 7.05 Å². The van der Waals surface area contributed by atoms with Crippen LogP contribution in [0.4, 0.5) is 26.3 Å². The number of carboxylic acids is 1. The zero-order valence-electron chi connectivity index (χ0n) is 19.8. The maximum atomic E-state index is 13.5. The first-order valence-electron chi connectivity index (χ1n) is 11.7. The van der Waals surface area contributed by atoms with Gasteiger partial charge in [0, 0.05) is 25.4 Å². The second-order valence-electron chi connectivity index (χ2n) is 10.0. The van der Waals surface area contributed by atoms with E-state index in [-0.39, 0.29) is 12.6 Å². The molecule has 2 aromatic carbocycles. The lowest BCUT2D eigenvalue weighted by atomic mass is 9.70. The predicted molar refractivity (Wildman–Crippen MR) is 120 cm³/mol. The lowest BCUT2D eigenvalue weighted by Crippen LogP contribution is -2.58. The smallest absolute Gasteiger partial charge is 0.416 e. The zero-order valence-corrected chi connectivity index (χ0v) is 19.8. The minimum absolute atomic E-state index is 0.141. The summed E-state index contributed by atoms with van der Waals surface area (Å²) in [5, 5.41) is 9.16. The van der Waals surface area contributed by atoms with E-state index in [0.717, 1.165) is 24.0 Å². The van der Waals surface area contributed by atoms with Gasteiger partial charge in [0.2, 0.25) is 0 Å². The number of ether oxygens (including phenoxy) is 1. The third-order valence-corrected chi connectivity index (χ3v) is 7.27. The Morgan fingerprint density at radius 3 is 2.42 bits per heavy atom. The van der Waals surface area contributed by atoms with Crippen molar-refractivity contribution in [1.29, 1.82) is 0 Å². The number of alkyl halides is 6. The van der Waals surface area contributed by atoms with Gasteiger partial charge in [-0.25, -0.2) is 0 Å². The van der Waals surface area contributed by atoms with Crippen LogP contribution in [0, 0.1) is 5.92 Å². The summed E-state index contributed by atoms with van der Waals surface area (Å²) in [5.41, 5.74) is -1.20. The van der Waals surface area contributed by atoms with Gasteiger partial charge in [-0.15, -0.1) is 0 Å². The molecule has 1 aliphatic heterocycles. The average molecular weight is 515 g/mol. The van der Waals surface area contributed by atoms with Gasteiger partial charge in [-0.3, -0.25) is 9.69 Å². The molecule has 1 saturated carbocycles. The number of rotatable bonds is 6. The van der Waals surface area contributed by atoms with Gasteiger partial charge in [0.15, 0.2) is 0 Å². The lowest BCUT2D eigenvalue weighted by Gasteiger charge is -2.52. The van der Waals surface area contributed by atoms with Gasteiger partial charge in [0.05, 0.1) is 17.0 Å². The molecule has 2 aliphatic rings. The number of benzene rings is 2. The van der Waals surface area contributed by atoms with Crippen molar-refractivity contribution >= 4 is 5.97 Å². The normalized spacial score (nSPS) is 22.6. The lowest BCUT2D eigenvalue weighted by molar-refractivity contribution is -0.142. The third kappa shape index (κ3) is 5.48. The average Bonchev–Trinajstić information content (AvgIpc) is 2.75. The summed E-state index contributed by atoms with van der Waals surface area (Å²) in [6, 6.07) is 7.08. The third-order valence-electron chi connectivity index (χ3n) is 7.27. The van der Waals surface area contributed by atoms with Crippen molar-refractivity contribution < 1.29 is 41.0 Å². The molecule has 36 heavy (non-hydrogen) atoms. The highest BCUT2D eigenvalue weighted by molar-refractivity contribution is 5.70. The maximum Gasteiger partial charge on any atom is 0.416 e. The Hall–Kier alpha value is -2.75. The van der Waals surface area contributed by atoms with Crippen molar-refractivity contribution in [3.8, 4) is 5.75 Å². The van der Waals surface area contributed by atoms with Crippen molar-refractivity contribution in [3.63, 3.8) is 0 Å². The maximum absolute atomic E-state index is 13.5. The van der Waals surface area contributed by atoms with Crippen molar-refractivity contribution in [1.82, 2.24) is 4.90 Å². The number of hydrogen-bond acceptors (Lipinski definition) is 3. The van der Waals surface area contributed by atoms with Crippen LogP contribution in [0.2, 0.25) is 0 Å². The van der Waals surface area contributed by atoms with Crippen LogP contribution in [-0.2, 0) is 36.5 Å². The van der Waals surface area contributed by atoms with E-state index in [1.165, 1.54) is 0 Å².